The number of likely N-dealkylation sites (N-methyl/N-ethyl adjacent to an activating group) is 1. The Bertz CT molecular complexity index is 2050. The van der Waals surface area contributed by atoms with Crippen molar-refractivity contribution < 1.29 is 29.0 Å². The van der Waals surface area contributed by atoms with E-state index in [4.69, 9.17) is 14.7 Å². The lowest BCUT2D eigenvalue weighted by Crippen LogP contribution is -2.51. The van der Waals surface area contributed by atoms with Gasteiger partial charge in [-0.05, 0) is 68.1 Å². The smallest absolute Gasteiger partial charge is 0.407 e. The van der Waals surface area contributed by atoms with Crippen LogP contribution < -0.4 is 5.32 Å². The molecule has 4 heterocycles. The van der Waals surface area contributed by atoms with Crippen LogP contribution in [0.1, 0.15) is 88.5 Å². The van der Waals surface area contributed by atoms with Crippen molar-refractivity contribution in [3.63, 3.8) is 0 Å². The number of carbonyl (C=O) groups is 4. The summed E-state index contributed by atoms with van der Waals surface area (Å²) in [4.78, 5) is 72.5. The summed E-state index contributed by atoms with van der Waals surface area (Å²) in [7, 11) is 2.74. The van der Waals surface area contributed by atoms with Crippen LogP contribution in [0.15, 0.2) is 48.5 Å². The number of likely N-dealkylation sites (tertiary alicyclic amines) is 2. The molecule has 2 saturated heterocycles. The lowest BCUT2D eigenvalue weighted by atomic mass is 10.0. The van der Waals surface area contributed by atoms with Crippen LogP contribution in [0.4, 0.5) is 9.59 Å². The minimum absolute atomic E-state index is 0.111. The van der Waals surface area contributed by atoms with Gasteiger partial charge in [-0.3, -0.25) is 14.5 Å². The zero-order chi connectivity index (χ0) is 40.4. The van der Waals surface area contributed by atoms with Gasteiger partial charge in [0.2, 0.25) is 11.8 Å². The Kier molecular flexibility index (Phi) is 11.9. The summed E-state index contributed by atoms with van der Waals surface area (Å²) in [6, 6.07) is 14.6. The second-order valence-corrected chi connectivity index (χ2v) is 15.7. The highest BCUT2D eigenvalue weighted by molar-refractivity contribution is 5.87. The first-order chi connectivity index (χ1) is 26.7. The number of hydrogen-bond donors (Lipinski definition) is 4. The quantitative estimate of drug-likeness (QED) is 0.125. The molecule has 4 atom stereocenters. The van der Waals surface area contributed by atoms with Crippen LogP contribution in [0.5, 0.6) is 0 Å². The maximum Gasteiger partial charge on any atom is 0.407 e. The Hall–Kier alpha value is -5.66. The Balaban J connectivity index is 1.15. The van der Waals surface area contributed by atoms with Crippen LogP contribution >= 0.6 is 0 Å². The second kappa shape index (κ2) is 16.6. The van der Waals surface area contributed by atoms with E-state index in [1.807, 2.05) is 46.4 Å². The van der Waals surface area contributed by atoms with E-state index in [0.717, 1.165) is 81.4 Å². The number of amides is 4. The normalized spacial score (nSPS) is 18.0. The molecule has 1 unspecified atom stereocenters. The van der Waals surface area contributed by atoms with E-state index in [0.29, 0.717) is 18.9 Å². The molecule has 6 rings (SSSR count). The number of methoxy groups -OCH3 is 1. The number of H-pyrrole nitrogens is 2. The number of imidazole rings is 2. The van der Waals surface area contributed by atoms with Crippen molar-refractivity contribution in [2.45, 2.75) is 91.4 Å². The summed E-state index contributed by atoms with van der Waals surface area (Å²) in [6.45, 7) is 12.6. The van der Waals surface area contributed by atoms with Crippen molar-refractivity contribution in [3.8, 4) is 33.6 Å². The van der Waals surface area contributed by atoms with Crippen LogP contribution in [0.25, 0.3) is 33.6 Å². The fraction of sp³-hybridized carbons (Fsp3) is 0.476. The third-order valence-corrected chi connectivity index (χ3v) is 11.2. The Labute approximate surface area is 328 Å². The number of nitrogens with one attached hydrogen (secondary N) is 3. The third-order valence-electron chi connectivity index (χ3n) is 11.2. The van der Waals surface area contributed by atoms with Crippen LogP contribution in [0, 0.1) is 25.7 Å². The van der Waals surface area contributed by atoms with E-state index in [1.54, 1.807) is 4.90 Å². The lowest BCUT2D eigenvalue weighted by molar-refractivity contribution is -0.138. The number of alkyl carbamates (subject to hydrolysis) is 1. The minimum Gasteiger partial charge on any atom is -0.465 e. The fourth-order valence-corrected chi connectivity index (χ4v) is 8.19. The van der Waals surface area contributed by atoms with Crippen molar-refractivity contribution in [3.05, 3.63) is 71.6 Å². The molecule has 0 saturated carbocycles. The summed E-state index contributed by atoms with van der Waals surface area (Å²) < 4.78 is 4.77. The van der Waals surface area contributed by atoms with Crippen molar-refractivity contribution in [2.24, 2.45) is 11.8 Å². The predicted molar refractivity (Wildman–Crippen MR) is 212 cm³/mol. The van der Waals surface area contributed by atoms with E-state index in [1.165, 1.54) is 14.2 Å². The second-order valence-electron chi connectivity index (χ2n) is 15.7. The predicted octanol–water partition coefficient (Wildman–Crippen LogP) is 7.09. The number of nitrogens with zero attached hydrogens (tertiary/aromatic N) is 5. The molecule has 0 radical (unpaired) electrons. The molecular weight excluding hydrogens is 713 g/mol. The third kappa shape index (κ3) is 8.00. The number of ether oxygens (including phenoxy) is 1. The van der Waals surface area contributed by atoms with Gasteiger partial charge in [-0.15, -0.1) is 0 Å². The molecule has 2 aliphatic rings. The van der Waals surface area contributed by atoms with Gasteiger partial charge in [0.1, 0.15) is 23.7 Å². The molecule has 4 N–H and O–H groups in total. The van der Waals surface area contributed by atoms with Crippen molar-refractivity contribution >= 4 is 24.0 Å². The summed E-state index contributed by atoms with van der Waals surface area (Å²) >= 11 is 0. The van der Waals surface area contributed by atoms with Crippen molar-refractivity contribution in [1.82, 2.24) is 40.0 Å². The minimum atomic E-state index is -1.12. The number of benzene rings is 2. The first-order valence-corrected chi connectivity index (χ1v) is 19.5. The number of aromatic nitrogens is 4. The van der Waals surface area contributed by atoms with Gasteiger partial charge in [-0.1, -0.05) is 76.2 Å². The van der Waals surface area contributed by atoms with Crippen LogP contribution in [0.2, 0.25) is 0 Å². The number of aromatic amines is 2. The van der Waals surface area contributed by atoms with Gasteiger partial charge in [0.05, 0.1) is 36.3 Å². The molecule has 2 aliphatic heterocycles. The number of hydrogen-bond acceptors (Lipinski definition) is 7. The van der Waals surface area contributed by atoms with E-state index in [-0.39, 0.29) is 35.7 Å². The topological polar surface area (TPSA) is 177 Å². The Morgan fingerprint density at radius 1 is 0.786 bits per heavy atom. The monoisotopic (exact) mass is 766 g/mol. The Morgan fingerprint density at radius 2 is 1.30 bits per heavy atom. The molecule has 0 spiro atoms. The standard InChI is InChI=1S/C42H54N8O6/c1-23(2)33(47-41(53)56-8)39(51)49-21-9-11-31(49)37-43-25(5)34(45-37)29-17-13-27(14-18-29)28-15-19-30(20-16-28)35-26(6)44-38(46-35)32-12-10-22-50(32)40(52)36(24(3)4)48(7)42(54)55/h13-20,23-24,31-33,36H,9-12,21-22H2,1-8H3,(H,43,45)(H,44,46)(H,47,53)(H,54,55)/t31?,32-,33-,36-/m0/s1. The molecule has 2 aromatic heterocycles. The molecule has 2 fully saturated rings. The molecule has 14 heteroatoms. The van der Waals surface area contributed by atoms with E-state index >= 15 is 0 Å². The number of rotatable bonds is 11. The number of aryl methyl sites for hydroxylation is 2. The maximum atomic E-state index is 13.7. The zero-order valence-electron chi connectivity index (χ0n) is 33.6. The highest BCUT2D eigenvalue weighted by Gasteiger charge is 2.40. The first kappa shape index (κ1) is 40.0. The molecule has 2 aromatic carbocycles. The van der Waals surface area contributed by atoms with Gasteiger partial charge in [0.25, 0.3) is 0 Å². The number of carboxylic acid groups (broad SMARTS) is 1. The van der Waals surface area contributed by atoms with Crippen molar-refractivity contribution in [2.75, 3.05) is 27.2 Å². The molecule has 298 valence electrons. The summed E-state index contributed by atoms with van der Waals surface area (Å²) in [5, 5.41) is 12.3. The largest absolute Gasteiger partial charge is 0.465 e. The first-order valence-electron chi connectivity index (χ1n) is 19.5. The molecule has 14 nitrogen and oxygen atoms in total. The van der Waals surface area contributed by atoms with E-state index in [9.17, 15) is 24.3 Å². The van der Waals surface area contributed by atoms with Gasteiger partial charge in [-0.25, -0.2) is 19.6 Å². The van der Waals surface area contributed by atoms with Gasteiger partial charge in [0, 0.05) is 31.4 Å². The fourth-order valence-electron chi connectivity index (χ4n) is 8.19. The summed E-state index contributed by atoms with van der Waals surface area (Å²) in [6.07, 6.45) is 1.44. The average molecular weight is 767 g/mol. The van der Waals surface area contributed by atoms with Gasteiger partial charge in [0.15, 0.2) is 0 Å². The van der Waals surface area contributed by atoms with Crippen LogP contribution in [-0.2, 0) is 14.3 Å². The maximum absolute atomic E-state index is 13.7. The SMILES string of the molecule is COC(=O)N[C@H](C(=O)N1CCCC1c1nc(C)c(-c2ccc(-c3ccc(-c4nc([C@@H]5CCCN5C(=O)[C@H](C(C)C)N(C)C(=O)O)[nH]c4C)cc3)cc2)[nH]1)C(C)C. The van der Waals surface area contributed by atoms with Crippen LogP contribution in [-0.4, -0.2) is 103 Å². The molecule has 4 aromatic rings. The lowest BCUT2D eigenvalue weighted by Gasteiger charge is -2.33. The molecule has 4 amide bonds. The highest BCUT2D eigenvalue weighted by Crippen LogP contribution is 2.37. The molecule has 0 aliphatic carbocycles. The highest BCUT2D eigenvalue weighted by atomic mass is 16.5. The summed E-state index contributed by atoms with van der Waals surface area (Å²) in [5.41, 5.74) is 7.49. The average Bonchev–Trinajstić information content (AvgIpc) is 4.00. The van der Waals surface area contributed by atoms with Gasteiger partial charge in [-0.2, -0.15) is 0 Å². The van der Waals surface area contributed by atoms with E-state index in [2.05, 4.69) is 63.8 Å². The Morgan fingerprint density at radius 3 is 1.82 bits per heavy atom. The van der Waals surface area contributed by atoms with Gasteiger partial charge < -0.3 is 34.9 Å². The van der Waals surface area contributed by atoms with Crippen LogP contribution in [0.3, 0.4) is 0 Å². The number of carbonyl (C=O) groups excluding carboxylic acids is 3. The van der Waals surface area contributed by atoms with E-state index < -0.39 is 24.3 Å². The van der Waals surface area contributed by atoms with Crippen molar-refractivity contribution in [1.29, 1.82) is 0 Å². The molecule has 56 heavy (non-hydrogen) atoms. The van der Waals surface area contributed by atoms with Gasteiger partial charge >= 0.3 is 12.2 Å². The molecular formula is C42H54N8O6. The zero-order valence-corrected chi connectivity index (χ0v) is 33.6. The molecule has 0 bridgehead atoms. The summed E-state index contributed by atoms with van der Waals surface area (Å²) in [5.74, 6) is 0.823.